The summed E-state index contributed by atoms with van der Waals surface area (Å²) in [5.74, 6) is -0.0519. The molecular formula is C27H31N3O5. The van der Waals surface area contributed by atoms with Gasteiger partial charge < -0.3 is 14.6 Å². The number of nitrogens with one attached hydrogen (secondary N) is 2. The molecular weight excluding hydrogens is 446 g/mol. The highest BCUT2D eigenvalue weighted by atomic mass is 16.5. The van der Waals surface area contributed by atoms with Crippen LogP contribution in [0.4, 0.5) is 0 Å². The van der Waals surface area contributed by atoms with Crippen LogP contribution in [0.2, 0.25) is 0 Å². The number of nitrogens with zero attached hydrogens (tertiary/aromatic N) is 1. The normalized spacial score (nSPS) is 10.6. The molecule has 3 N–H and O–H groups in total. The molecule has 8 heteroatoms. The molecule has 35 heavy (non-hydrogen) atoms. The summed E-state index contributed by atoms with van der Waals surface area (Å²) in [5, 5.41) is 11.4. The second-order valence-corrected chi connectivity index (χ2v) is 8.19. The van der Waals surface area contributed by atoms with E-state index in [-0.39, 0.29) is 18.1 Å². The van der Waals surface area contributed by atoms with E-state index in [4.69, 9.17) is 9.94 Å². The van der Waals surface area contributed by atoms with Gasteiger partial charge in [0.25, 0.3) is 5.91 Å². The van der Waals surface area contributed by atoms with E-state index in [1.165, 1.54) is 0 Å². The van der Waals surface area contributed by atoms with E-state index in [1.807, 2.05) is 42.5 Å². The third-order valence-electron chi connectivity index (χ3n) is 5.72. The van der Waals surface area contributed by atoms with Gasteiger partial charge in [-0.2, -0.15) is 0 Å². The summed E-state index contributed by atoms with van der Waals surface area (Å²) < 4.78 is 6.98. The molecule has 0 spiro atoms. The molecule has 3 rings (SSSR count). The second kappa shape index (κ2) is 13.1. The molecule has 3 aromatic rings. The number of hydroxylamine groups is 1. The van der Waals surface area contributed by atoms with Gasteiger partial charge in [-0.1, -0.05) is 55.3 Å². The summed E-state index contributed by atoms with van der Waals surface area (Å²) in [7, 11) is 1.60. The number of benzene rings is 2. The summed E-state index contributed by atoms with van der Waals surface area (Å²) in [6.45, 7) is 0.848. The van der Waals surface area contributed by atoms with Gasteiger partial charge in [-0.15, -0.1) is 0 Å². The Kier molecular flexibility index (Phi) is 9.62. The van der Waals surface area contributed by atoms with Gasteiger partial charge in [0.1, 0.15) is 11.4 Å². The maximum Gasteiger partial charge on any atom is 0.267 e. The second-order valence-electron chi connectivity index (χ2n) is 8.19. The van der Waals surface area contributed by atoms with Gasteiger partial charge in [0.15, 0.2) is 0 Å². The van der Waals surface area contributed by atoms with Crippen molar-refractivity contribution in [1.82, 2.24) is 15.4 Å². The van der Waals surface area contributed by atoms with E-state index in [1.54, 1.807) is 41.4 Å². The first-order chi connectivity index (χ1) is 17.0. The number of methoxy groups -OCH3 is 1. The number of aromatic nitrogens is 1. The summed E-state index contributed by atoms with van der Waals surface area (Å²) in [6.07, 6.45) is 3.40. The first-order valence-corrected chi connectivity index (χ1v) is 11.7. The van der Waals surface area contributed by atoms with Gasteiger partial charge in [0.2, 0.25) is 11.7 Å². The summed E-state index contributed by atoms with van der Waals surface area (Å²) in [6, 6.07) is 19.9. The lowest BCUT2D eigenvalue weighted by Gasteiger charge is -2.14. The Bertz CT molecular complexity index is 1120. The predicted octanol–water partition coefficient (Wildman–Crippen LogP) is 3.96. The average Bonchev–Trinajstić information content (AvgIpc) is 3.31. The molecule has 184 valence electrons. The van der Waals surface area contributed by atoms with Crippen molar-refractivity contribution in [3.8, 4) is 5.75 Å². The third kappa shape index (κ3) is 7.28. The minimum atomic E-state index is -0.392. The first kappa shape index (κ1) is 25.7. The molecule has 0 saturated heterocycles. The van der Waals surface area contributed by atoms with Crippen molar-refractivity contribution in [2.45, 2.75) is 38.6 Å². The molecule has 0 atom stereocenters. The molecule has 0 bridgehead atoms. The topological polar surface area (TPSA) is 110 Å². The third-order valence-corrected chi connectivity index (χ3v) is 5.72. The average molecular weight is 478 g/mol. The smallest absolute Gasteiger partial charge is 0.267 e. The maximum absolute atomic E-state index is 13.2. The molecule has 0 saturated carbocycles. The number of carbonyl (C=O) groups is 3. The summed E-state index contributed by atoms with van der Waals surface area (Å²) in [5.41, 5.74) is 3.97. The first-order valence-electron chi connectivity index (χ1n) is 11.7. The number of carbonyl (C=O) groups excluding carboxylic acids is 3. The molecule has 0 radical (unpaired) electrons. The van der Waals surface area contributed by atoms with Crippen LogP contribution in [-0.2, 0) is 11.3 Å². The Morgan fingerprint density at radius 1 is 0.857 bits per heavy atom. The van der Waals surface area contributed by atoms with Crippen molar-refractivity contribution in [3.63, 3.8) is 0 Å². The lowest BCUT2D eigenvalue weighted by Crippen LogP contribution is -2.28. The van der Waals surface area contributed by atoms with Gasteiger partial charge in [-0.3, -0.25) is 19.6 Å². The fourth-order valence-corrected chi connectivity index (χ4v) is 3.80. The lowest BCUT2D eigenvalue weighted by atomic mass is 10.1. The van der Waals surface area contributed by atoms with Crippen molar-refractivity contribution in [1.29, 1.82) is 0 Å². The van der Waals surface area contributed by atoms with Crippen LogP contribution in [0.25, 0.3) is 0 Å². The van der Waals surface area contributed by atoms with E-state index >= 15 is 0 Å². The van der Waals surface area contributed by atoms with E-state index in [0.29, 0.717) is 36.5 Å². The van der Waals surface area contributed by atoms with Gasteiger partial charge >= 0.3 is 0 Å². The van der Waals surface area contributed by atoms with Gasteiger partial charge in [-0.05, 0) is 42.7 Å². The molecule has 0 aliphatic rings. The quantitative estimate of drug-likeness (QED) is 0.149. The van der Waals surface area contributed by atoms with Crippen LogP contribution in [0.3, 0.4) is 0 Å². The zero-order valence-corrected chi connectivity index (χ0v) is 19.8. The molecule has 2 amide bonds. The van der Waals surface area contributed by atoms with Crippen LogP contribution in [0, 0.1) is 0 Å². The number of hydrogen-bond donors (Lipinski definition) is 3. The zero-order chi connectivity index (χ0) is 25.0. The van der Waals surface area contributed by atoms with Crippen LogP contribution in [0.5, 0.6) is 5.75 Å². The molecule has 1 heterocycles. The molecule has 0 fully saturated rings. The lowest BCUT2D eigenvalue weighted by molar-refractivity contribution is -0.129. The zero-order valence-electron chi connectivity index (χ0n) is 19.8. The maximum atomic E-state index is 13.2. The standard InChI is InChI=1S/C27H31N3O5/c1-35-22-14-12-20(13-15-22)19-30-23(26(32)21-9-5-4-6-10-21)16-17-24(30)27(33)28-18-8-3-2-7-11-25(31)29-34/h4-6,9-10,12-17,34H,2-3,7-8,11,18-19H2,1H3,(H,28,33)(H,29,31). The molecule has 0 aliphatic carbocycles. The van der Waals surface area contributed by atoms with Crippen molar-refractivity contribution < 1.29 is 24.3 Å². The highest BCUT2D eigenvalue weighted by Gasteiger charge is 2.20. The highest BCUT2D eigenvalue weighted by molar-refractivity contribution is 6.09. The molecule has 0 aliphatic heterocycles. The number of unbranched alkanes of at least 4 members (excludes halogenated alkanes) is 3. The number of rotatable bonds is 13. The number of ketones is 1. The molecule has 2 aromatic carbocycles. The Morgan fingerprint density at radius 2 is 1.54 bits per heavy atom. The van der Waals surface area contributed by atoms with E-state index in [0.717, 1.165) is 30.6 Å². The van der Waals surface area contributed by atoms with Gasteiger partial charge in [0.05, 0.1) is 12.8 Å². The van der Waals surface area contributed by atoms with Crippen LogP contribution < -0.4 is 15.5 Å². The van der Waals surface area contributed by atoms with E-state index in [9.17, 15) is 14.4 Å². The van der Waals surface area contributed by atoms with Gasteiger partial charge in [-0.25, -0.2) is 5.48 Å². The minimum Gasteiger partial charge on any atom is -0.497 e. The van der Waals surface area contributed by atoms with Crippen LogP contribution in [0.1, 0.15) is 64.2 Å². The Labute approximate surface area is 204 Å². The fourth-order valence-electron chi connectivity index (χ4n) is 3.80. The molecule has 8 nitrogen and oxygen atoms in total. The molecule has 0 unspecified atom stereocenters. The number of ether oxygens (including phenoxy) is 1. The van der Waals surface area contributed by atoms with Crippen LogP contribution >= 0.6 is 0 Å². The molecule has 1 aromatic heterocycles. The SMILES string of the molecule is COc1ccc(Cn2c(C(=O)NCCCCCCC(=O)NO)ccc2C(=O)c2ccccc2)cc1. The summed E-state index contributed by atoms with van der Waals surface area (Å²) in [4.78, 5) is 37.2. The van der Waals surface area contributed by atoms with Crippen molar-refractivity contribution in [2.75, 3.05) is 13.7 Å². The van der Waals surface area contributed by atoms with E-state index in [2.05, 4.69) is 5.32 Å². The monoisotopic (exact) mass is 477 g/mol. The van der Waals surface area contributed by atoms with E-state index < -0.39 is 5.91 Å². The summed E-state index contributed by atoms with van der Waals surface area (Å²) >= 11 is 0. The number of hydrogen-bond acceptors (Lipinski definition) is 5. The minimum absolute atomic E-state index is 0.148. The Hall–Kier alpha value is -3.91. The largest absolute Gasteiger partial charge is 0.497 e. The predicted molar refractivity (Wildman–Crippen MR) is 132 cm³/mol. The van der Waals surface area contributed by atoms with Crippen LogP contribution in [-0.4, -0.2) is 41.0 Å². The Morgan fingerprint density at radius 3 is 2.23 bits per heavy atom. The Balaban J connectivity index is 1.70. The van der Waals surface area contributed by atoms with Crippen LogP contribution in [0.15, 0.2) is 66.7 Å². The van der Waals surface area contributed by atoms with Crippen molar-refractivity contribution in [2.24, 2.45) is 0 Å². The van der Waals surface area contributed by atoms with Crippen molar-refractivity contribution >= 4 is 17.6 Å². The fraction of sp³-hybridized carbons (Fsp3) is 0.296. The number of amides is 2. The highest BCUT2D eigenvalue weighted by Crippen LogP contribution is 2.19. The van der Waals surface area contributed by atoms with Crippen molar-refractivity contribution in [3.05, 3.63) is 89.2 Å². The van der Waals surface area contributed by atoms with Gasteiger partial charge in [0, 0.05) is 25.1 Å².